The zero-order chi connectivity index (χ0) is 19.4. The lowest BCUT2D eigenvalue weighted by atomic mass is 10.2. The summed E-state index contributed by atoms with van der Waals surface area (Å²) in [7, 11) is 0. The van der Waals surface area contributed by atoms with Crippen LogP contribution in [0.1, 0.15) is 22.5 Å². The lowest BCUT2D eigenvalue weighted by Gasteiger charge is -2.08. The summed E-state index contributed by atoms with van der Waals surface area (Å²) in [6.45, 7) is 2.31. The molecule has 3 nitrogen and oxygen atoms in total. The smallest absolute Gasteiger partial charge is 0.406 e. The fourth-order valence-corrected chi connectivity index (χ4v) is 2.47. The first-order chi connectivity index (χ1) is 12.8. The summed E-state index contributed by atoms with van der Waals surface area (Å²) in [6, 6.07) is 16.9. The normalized spacial score (nSPS) is 12.3. The second-order valence-corrected chi connectivity index (χ2v) is 5.85. The Morgan fingerprint density at radius 1 is 1.22 bits per heavy atom. The first-order valence-electron chi connectivity index (χ1n) is 8.03. The van der Waals surface area contributed by atoms with Crippen molar-refractivity contribution in [3.8, 4) is 5.75 Å². The number of halogens is 4. The Morgan fingerprint density at radius 2 is 1.96 bits per heavy atom. The first-order valence-corrected chi connectivity index (χ1v) is 8.03. The van der Waals surface area contributed by atoms with Crippen molar-refractivity contribution in [1.29, 1.82) is 0 Å². The molecule has 0 bridgehead atoms. The molecule has 3 aromatic rings. The van der Waals surface area contributed by atoms with Crippen LogP contribution in [0.3, 0.4) is 0 Å². The van der Waals surface area contributed by atoms with Crippen molar-refractivity contribution in [2.24, 2.45) is 0 Å². The Labute approximate surface area is 153 Å². The number of hydrogen-bond donors (Lipinski definition) is 0. The molecule has 0 fully saturated rings. The molecule has 3 rings (SSSR count). The lowest BCUT2D eigenvalue weighted by molar-refractivity contribution is -0.274. The zero-order valence-corrected chi connectivity index (χ0v) is 14.3. The fourth-order valence-electron chi connectivity index (χ4n) is 2.47. The topological polar surface area (TPSA) is 27.1 Å². The quantitative estimate of drug-likeness (QED) is 0.558. The van der Waals surface area contributed by atoms with E-state index in [4.69, 9.17) is 0 Å². The SMILES string of the molecule is Cc1cc(C(F)=Cc2ccc(OC(F)(F)F)cc2)nn1Cc1c[c]ccc1. The average molecular weight is 375 g/mol. The molecule has 139 valence electrons. The van der Waals surface area contributed by atoms with Crippen LogP contribution in [0.25, 0.3) is 11.9 Å². The molecule has 1 aromatic heterocycles. The number of hydrogen-bond acceptors (Lipinski definition) is 2. The minimum absolute atomic E-state index is 0.156. The molecular formula is C20H15F4N2O. The van der Waals surface area contributed by atoms with Gasteiger partial charge in [-0.05, 0) is 54.5 Å². The maximum atomic E-state index is 14.5. The maximum absolute atomic E-state index is 14.5. The van der Waals surface area contributed by atoms with Crippen LogP contribution in [0.2, 0.25) is 0 Å². The van der Waals surface area contributed by atoms with Gasteiger partial charge in [-0.3, -0.25) is 4.68 Å². The van der Waals surface area contributed by atoms with Gasteiger partial charge in [0.2, 0.25) is 0 Å². The molecule has 0 aliphatic rings. The summed E-state index contributed by atoms with van der Waals surface area (Å²) in [6.07, 6.45) is -3.55. The fraction of sp³-hybridized carbons (Fsp3) is 0.150. The number of aryl methyl sites for hydroxylation is 1. The molecule has 7 heteroatoms. The molecule has 0 spiro atoms. The summed E-state index contributed by atoms with van der Waals surface area (Å²) >= 11 is 0. The molecule has 0 atom stereocenters. The minimum atomic E-state index is -4.76. The van der Waals surface area contributed by atoms with Gasteiger partial charge in [0.05, 0.1) is 6.54 Å². The predicted molar refractivity (Wildman–Crippen MR) is 93.4 cm³/mol. The van der Waals surface area contributed by atoms with Gasteiger partial charge in [0.1, 0.15) is 11.4 Å². The van der Waals surface area contributed by atoms with E-state index in [9.17, 15) is 17.6 Å². The summed E-state index contributed by atoms with van der Waals surface area (Å²) < 4.78 is 56.4. The highest BCUT2D eigenvalue weighted by atomic mass is 19.4. The van der Waals surface area contributed by atoms with E-state index < -0.39 is 12.2 Å². The van der Waals surface area contributed by atoms with Gasteiger partial charge in [-0.2, -0.15) is 5.10 Å². The van der Waals surface area contributed by atoms with Crippen molar-refractivity contribution < 1.29 is 22.3 Å². The van der Waals surface area contributed by atoms with Gasteiger partial charge in [0, 0.05) is 5.69 Å². The molecule has 0 amide bonds. The summed E-state index contributed by atoms with van der Waals surface area (Å²) in [5.74, 6) is -0.944. The summed E-state index contributed by atoms with van der Waals surface area (Å²) in [5.41, 5.74) is 2.32. The van der Waals surface area contributed by atoms with Gasteiger partial charge < -0.3 is 4.74 Å². The second kappa shape index (κ2) is 7.65. The van der Waals surface area contributed by atoms with Crippen molar-refractivity contribution in [2.45, 2.75) is 19.8 Å². The van der Waals surface area contributed by atoms with Gasteiger partial charge in [0.15, 0.2) is 5.83 Å². The van der Waals surface area contributed by atoms with Crippen LogP contribution in [-0.4, -0.2) is 16.1 Å². The molecular weight excluding hydrogens is 360 g/mol. The third-order valence-electron chi connectivity index (χ3n) is 3.74. The van der Waals surface area contributed by atoms with Crippen LogP contribution >= 0.6 is 0 Å². The highest BCUT2D eigenvalue weighted by Crippen LogP contribution is 2.25. The Bertz CT molecular complexity index is 929. The van der Waals surface area contributed by atoms with Crippen LogP contribution in [0.5, 0.6) is 5.75 Å². The predicted octanol–water partition coefficient (Wildman–Crippen LogP) is 5.41. The zero-order valence-electron chi connectivity index (χ0n) is 14.3. The minimum Gasteiger partial charge on any atom is -0.406 e. The van der Waals surface area contributed by atoms with Crippen molar-refractivity contribution in [1.82, 2.24) is 9.78 Å². The molecule has 0 aliphatic heterocycles. The molecule has 0 aliphatic carbocycles. The highest BCUT2D eigenvalue weighted by Gasteiger charge is 2.30. The van der Waals surface area contributed by atoms with Gasteiger partial charge in [-0.1, -0.05) is 30.3 Å². The third-order valence-corrected chi connectivity index (χ3v) is 3.74. The molecule has 1 radical (unpaired) electrons. The second-order valence-electron chi connectivity index (χ2n) is 5.85. The number of benzene rings is 2. The maximum Gasteiger partial charge on any atom is 0.573 e. The van der Waals surface area contributed by atoms with Crippen LogP contribution in [-0.2, 0) is 6.54 Å². The largest absolute Gasteiger partial charge is 0.573 e. The van der Waals surface area contributed by atoms with Gasteiger partial charge in [0.25, 0.3) is 0 Å². The van der Waals surface area contributed by atoms with E-state index in [1.165, 1.54) is 18.2 Å². The van der Waals surface area contributed by atoms with E-state index in [0.29, 0.717) is 12.1 Å². The lowest BCUT2D eigenvalue weighted by Crippen LogP contribution is -2.16. The van der Waals surface area contributed by atoms with Crippen molar-refractivity contribution in [2.75, 3.05) is 0 Å². The number of rotatable bonds is 5. The Balaban J connectivity index is 1.75. The van der Waals surface area contributed by atoms with Gasteiger partial charge in [-0.25, -0.2) is 4.39 Å². The van der Waals surface area contributed by atoms with Crippen LogP contribution in [0, 0.1) is 13.0 Å². The van der Waals surface area contributed by atoms with E-state index >= 15 is 0 Å². The molecule has 0 saturated carbocycles. The van der Waals surface area contributed by atoms with Gasteiger partial charge >= 0.3 is 6.36 Å². The Morgan fingerprint density at radius 3 is 2.59 bits per heavy atom. The van der Waals surface area contributed by atoms with E-state index in [-0.39, 0.29) is 11.4 Å². The third kappa shape index (κ3) is 5.20. The van der Waals surface area contributed by atoms with Crippen LogP contribution < -0.4 is 4.74 Å². The van der Waals surface area contributed by atoms with E-state index in [2.05, 4.69) is 15.9 Å². The monoisotopic (exact) mass is 375 g/mol. The average Bonchev–Trinajstić information content (AvgIpc) is 2.97. The molecule has 2 aromatic carbocycles. The van der Waals surface area contributed by atoms with Crippen molar-refractivity contribution in [3.63, 3.8) is 0 Å². The first kappa shape index (κ1) is 18.7. The van der Waals surface area contributed by atoms with Crippen molar-refractivity contribution >= 4 is 11.9 Å². The van der Waals surface area contributed by atoms with E-state index in [0.717, 1.165) is 23.4 Å². The summed E-state index contributed by atoms with van der Waals surface area (Å²) in [5, 5.41) is 4.25. The molecule has 1 heterocycles. The van der Waals surface area contributed by atoms with E-state index in [1.54, 1.807) is 16.8 Å². The highest BCUT2D eigenvalue weighted by molar-refractivity contribution is 5.75. The Kier molecular flexibility index (Phi) is 5.30. The van der Waals surface area contributed by atoms with Crippen LogP contribution in [0.15, 0.2) is 54.6 Å². The standard InChI is InChI=1S/C20H15F4N2O/c1-14-11-19(25-26(14)13-16-5-3-2-4-6-16)18(21)12-15-7-9-17(10-8-15)27-20(22,23)24/h2-3,5-12H,13H2,1H3. The molecule has 0 unspecified atom stereocenters. The van der Waals surface area contributed by atoms with E-state index in [1.807, 2.05) is 25.1 Å². The Hall–Kier alpha value is -3.09. The van der Waals surface area contributed by atoms with Crippen LogP contribution in [0.4, 0.5) is 17.6 Å². The molecule has 0 saturated heterocycles. The van der Waals surface area contributed by atoms with Gasteiger partial charge in [-0.15, -0.1) is 13.2 Å². The number of ether oxygens (including phenoxy) is 1. The molecule has 27 heavy (non-hydrogen) atoms. The number of nitrogens with zero attached hydrogens (tertiary/aromatic N) is 2. The summed E-state index contributed by atoms with van der Waals surface area (Å²) in [4.78, 5) is 0. The number of alkyl halides is 3. The molecule has 0 N–H and O–H groups in total. The number of aromatic nitrogens is 2. The van der Waals surface area contributed by atoms with Crippen molar-refractivity contribution in [3.05, 3.63) is 83.2 Å².